The van der Waals surface area contributed by atoms with Crippen LogP contribution in [0.5, 0.6) is 5.75 Å². The number of methoxy groups -OCH3 is 1. The van der Waals surface area contributed by atoms with Crippen molar-refractivity contribution in [3.8, 4) is 5.75 Å². The summed E-state index contributed by atoms with van der Waals surface area (Å²) in [4.78, 5) is 19.5. The fourth-order valence-corrected chi connectivity index (χ4v) is 4.70. The number of imidazole rings is 1. The van der Waals surface area contributed by atoms with E-state index in [0.717, 1.165) is 37.8 Å². The van der Waals surface area contributed by atoms with Crippen molar-refractivity contribution in [2.24, 2.45) is 11.8 Å². The molecule has 8 nitrogen and oxygen atoms in total. The monoisotopic (exact) mass is 420 g/mol. The van der Waals surface area contributed by atoms with Crippen molar-refractivity contribution >= 4 is 15.9 Å². The van der Waals surface area contributed by atoms with Gasteiger partial charge >= 0.3 is 0 Å². The van der Waals surface area contributed by atoms with Crippen LogP contribution in [0, 0.1) is 11.8 Å². The number of benzene rings is 1. The zero-order valence-electron chi connectivity index (χ0n) is 16.6. The molecule has 1 saturated carbocycles. The third-order valence-electron chi connectivity index (χ3n) is 5.40. The van der Waals surface area contributed by atoms with E-state index < -0.39 is 10.0 Å². The lowest BCUT2D eigenvalue weighted by Crippen LogP contribution is -2.36. The summed E-state index contributed by atoms with van der Waals surface area (Å²) in [5.74, 6) is 0.954. The van der Waals surface area contributed by atoms with Crippen molar-refractivity contribution in [1.29, 1.82) is 0 Å². The van der Waals surface area contributed by atoms with Gasteiger partial charge in [-0.15, -0.1) is 0 Å². The molecule has 0 radical (unpaired) electrons. The molecule has 1 aromatic carbocycles. The Morgan fingerprint density at radius 2 is 1.93 bits per heavy atom. The van der Waals surface area contributed by atoms with Gasteiger partial charge in [-0.1, -0.05) is 0 Å². The third-order valence-corrected chi connectivity index (χ3v) is 6.84. The minimum atomic E-state index is -3.54. The molecule has 9 heteroatoms. The summed E-state index contributed by atoms with van der Waals surface area (Å²) >= 11 is 0. The van der Waals surface area contributed by atoms with Crippen LogP contribution in [-0.4, -0.2) is 44.5 Å². The van der Waals surface area contributed by atoms with Crippen molar-refractivity contribution in [3.05, 3.63) is 42.5 Å². The van der Waals surface area contributed by atoms with E-state index >= 15 is 0 Å². The molecule has 0 saturated heterocycles. The van der Waals surface area contributed by atoms with Gasteiger partial charge in [-0.3, -0.25) is 4.79 Å². The van der Waals surface area contributed by atoms with Crippen LogP contribution in [0.4, 0.5) is 0 Å². The number of aromatic nitrogens is 2. The van der Waals surface area contributed by atoms with Crippen molar-refractivity contribution in [2.75, 3.05) is 20.2 Å². The van der Waals surface area contributed by atoms with E-state index in [9.17, 15) is 13.2 Å². The summed E-state index contributed by atoms with van der Waals surface area (Å²) in [6, 6.07) is 6.33. The average molecular weight is 421 g/mol. The Morgan fingerprint density at radius 3 is 2.55 bits per heavy atom. The molecular weight excluding hydrogens is 392 g/mol. The van der Waals surface area contributed by atoms with E-state index in [2.05, 4.69) is 20.0 Å². The number of amides is 1. The lowest BCUT2D eigenvalue weighted by Gasteiger charge is -2.27. The number of hydrogen-bond donors (Lipinski definition) is 3. The molecular formula is C20H28N4O4S. The molecule has 1 heterocycles. The number of aromatic amines is 1. The molecule has 3 N–H and O–H groups in total. The Bertz CT molecular complexity index is 874. The molecule has 0 aliphatic heterocycles. The summed E-state index contributed by atoms with van der Waals surface area (Å²) in [5.41, 5.74) is 0.998. The number of nitrogens with zero attached hydrogens (tertiary/aromatic N) is 1. The summed E-state index contributed by atoms with van der Waals surface area (Å²) in [6.07, 6.45) is 7.35. The molecule has 0 spiro atoms. The van der Waals surface area contributed by atoms with E-state index in [4.69, 9.17) is 4.74 Å². The fourth-order valence-electron chi connectivity index (χ4n) is 3.58. The summed E-state index contributed by atoms with van der Waals surface area (Å²) in [7, 11) is -2.00. The first-order valence-corrected chi connectivity index (χ1v) is 11.3. The van der Waals surface area contributed by atoms with Gasteiger partial charge in [0, 0.05) is 37.3 Å². The highest BCUT2D eigenvalue weighted by Gasteiger charge is 2.27. The SMILES string of the molecule is COc1ccc(S(=O)(=O)NCC2CCC(C(=O)NCCc3cnc[nH]3)CC2)cc1. The summed E-state index contributed by atoms with van der Waals surface area (Å²) in [6.45, 7) is 0.977. The van der Waals surface area contributed by atoms with Crippen LogP contribution in [0.2, 0.25) is 0 Å². The van der Waals surface area contributed by atoms with Crippen LogP contribution in [0.15, 0.2) is 41.7 Å². The van der Waals surface area contributed by atoms with Gasteiger partial charge in [0.2, 0.25) is 15.9 Å². The lowest BCUT2D eigenvalue weighted by molar-refractivity contribution is -0.126. The van der Waals surface area contributed by atoms with Crippen molar-refractivity contribution in [1.82, 2.24) is 20.0 Å². The van der Waals surface area contributed by atoms with Crippen molar-refractivity contribution in [2.45, 2.75) is 37.0 Å². The first-order chi connectivity index (χ1) is 14.0. The highest BCUT2D eigenvalue weighted by atomic mass is 32.2. The second kappa shape index (κ2) is 9.89. The quantitative estimate of drug-likeness (QED) is 0.573. The Morgan fingerprint density at radius 1 is 1.21 bits per heavy atom. The Labute approximate surface area is 171 Å². The Balaban J connectivity index is 1.39. The number of H-pyrrole nitrogens is 1. The topological polar surface area (TPSA) is 113 Å². The van der Waals surface area contributed by atoms with Gasteiger partial charge in [-0.2, -0.15) is 0 Å². The van der Waals surface area contributed by atoms with E-state index in [1.807, 2.05) is 0 Å². The number of rotatable bonds is 9. The predicted molar refractivity (Wildman–Crippen MR) is 109 cm³/mol. The largest absolute Gasteiger partial charge is 0.497 e. The minimum Gasteiger partial charge on any atom is -0.497 e. The van der Waals surface area contributed by atoms with Gasteiger partial charge in [0.25, 0.3) is 0 Å². The number of nitrogens with one attached hydrogen (secondary N) is 3. The predicted octanol–water partition coefficient (Wildman–Crippen LogP) is 1.86. The van der Waals surface area contributed by atoms with Crippen LogP contribution >= 0.6 is 0 Å². The Kier molecular flexibility index (Phi) is 7.27. The van der Waals surface area contributed by atoms with E-state index in [0.29, 0.717) is 18.8 Å². The number of carbonyl (C=O) groups excluding carboxylic acids is 1. The second-order valence-corrected chi connectivity index (χ2v) is 9.13. The molecule has 3 rings (SSSR count). The molecule has 158 valence electrons. The molecule has 1 aliphatic rings. The number of hydrogen-bond acceptors (Lipinski definition) is 5. The highest BCUT2D eigenvalue weighted by Crippen LogP contribution is 2.29. The zero-order chi connectivity index (χ0) is 20.7. The summed E-state index contributed by atoms with van der Waals surface area (Å²) < 4.78 is 32.6. The third kappa shape index (κ3) is 6.04. The van der Waals surface area contributed by atoms with Crippen LogP contribution in [0.25, 0.3) is 0 Å². The summed E-state index contributed by atoms with van der Waals surface area (Å²) in [5, 5.41) is 2.98. The van der Waals surface area contributed by atoms with Crippen LogP contribution in [0.1, 0.15) is 31.4 Å². The maximum Gasteiger partial charge on any atom is 0.240 e. The molecule has 1 amide bonds. The Hall–Kier alpha value is -2.39. The van der Waals surface area contributed by atoms with E-state index in [1.54, 1.807) is 24.7 Å². The van der Waals surface area contributed by atoms with E-state index in [1.165, 1.54) is 19.2 Å². The molecule has 1 fully saturated rings. The first kappa shape index (κ1) is 21.3. The van der Waals surface area contributed by atoms with Gasteiger partial charge in [0.15, 0.2) is 0 Å². The molecule has 0 unspecified atom stereocenters. The van der Waals surface area contributed by atoms with Gasteiger partial charge in [-0.05, 0) is 55.9 Å². The average Bonchev–Trinajstić information content (AvgIpc) is 3.26. The molecule has 1 aromatic heterocycles. The lowest BCUT2D eigenvalue weighted by atomic mass is 9.81. The van der Waals surface area contributed by atoms with Gasteiger partial charge in [-0.25, -0.2) is 18.1 Å². The van der Waals surface area contributed by atoms with Gasteiger partial charge in [0.05, 0.1) is 18.3 Å². The first-order valence-electron chi connectivity index (χ1n) is 9.86. The molecule has 2 aromatic rings. The molecule has 0 bridgehead atoms. The maximum atomic E-state index is 12.4. The number of sulfonamides is 1. The van der Waals surface area contributed by atoms with Crippen LogP contribution in [0.3, 0.4) is 0 Å². The number of ether oxygens (including phenoxy) is 1. The van der Waals surface area contributed by atoms with Crippen molar-refractivity contribution < 1.29 is 17.9 Å². The van der Waals surface area contributed by atoms with E-state index in [-0.39, 0.29) is 22.6 Å². The normalized spacial score (nSPS) is 19.6. The highest BCUT2D eigenvalue weighted by molar-refractivity contribution is 7.89. The molecule has 1 aliphatic carbocycles. The minimum absolute atomic E-state index is 0.00575. The maximum absolute atomic E-state index is 12.4. The zero-order valence-corrected chi connectivity index (χ0v) is 17.4. The standard InChI is InChI=1S/C20H28N4O4S/c1-28-18-6-8-19(9-7-18)29(26,27)24-12-15-2-4-16(5-3-15)20(25)22-11-10-17-13-21-14-23-17/h6-9,13-16,24H,2-5,10-12H2,1H3,(H,21,23)(H,22,25). The van der Waals surface area contributed by atoms with Gasteiger partial charge < -0.3 is 15.0 Å². The molecule has 29 heavy (non-hydrogen) atoms. The van der Waals surface area contributed by atoms with Crippen molar-refractivity contribution in [3.63, 3.8) is 0 Å². The smallest absolute Gasteiger partial charge is 0.240 e. The second-order valence-electron chi connectivity index (χ2n) is 7.36. The fraction of sp³-hybridized carbons (Fsp3) is 0.500. The van der Waals surface area contributed by atoms with Crippen LogP contribution < -0.4 is 14.8 Å². The molecule has 0 atom stereocenters. The number of carbonyl (C=O) groups is 1. The van der Waals surface area contributed by atoms with Gasteiger partial charge in [0.1, 0.15) is 5.75 Å². The van der Waals surface area contributed by atoms with Crippen LogP contribution in [-0.2, 0) is 21.2 Å².